The zero-order valence-corrected chi connectivity index (χ0v) is 21.7. The molecule has 2 aromatic carbocycles. The molecule has 0 spiro atoms. The van der Waals surface area contributed by atoms with Crippen LogP contribution in [0, 0.1) is 0 Å². The van der Waals surface area contributed by atoms with E-state index in [4.69, 9.17) is 5.73 Å². The minimum atomic E-state index is -0.415. The van der Waals surface area contributed by atoms with Crippen LogP contribution < -0.4 is 16.6 Å². The number of carbonyl (C=O) groups excluding carboxylic acids is 1. The molecule has 3 aromatic heterocycles. The molecule has 10 nitrogen and oxygen atoms in total. The van der Waals surface area contributed by atoms with Gasteiger partial charge < -0.3 is 16.0 Å². The lowest BCUT2D eigenvalue weighted by molar-refractivity contribution is 0.0652. The number of hydrogen-bond donors (Lipinski definition) is 2. The average Bonchev–Trinajstić information content (AvgIpc) is 3.33. The first-order valence-electron chi connectivity index (χ1n) is 12.8. The first-order chi connectivity index (χ1) is 18.9. The number of hydrogen-bond acceptors (Lipinski definition) is 7. The summed E-state index contributed by atoms with van der Waals surface area (Å²) in [7, 11) is 1.85. The van der Waals surface area contributed by atoms with E-state index >= 15 is 0 Å². The second-order valence-electron chi connectivity index (χ2n) is 9.72. The highest BCUT2D eigenvalue weighted by atomic mass is 16.2. The molecule has 1 aliphatic rings. The number of fused-ring (bicyclic) bond motifs is 1. The van der Waals surface area contributed by atoms with Gasteiger partial charge in [0.15, 0.2) is 0 Å². The quantitative estimate of drug-likeness (QED) is 0.349. The van der Waals surface area contributed by atoms with E-state index in [1.807, 2.05) is 74.8 Å². The number of amides is 1. The SMILES string of the molecule is CC(Nc1nc(N)ncc1C(=O)N1CCC1)c1cc2cccc(-c3cnn(C)c3)c2c(=O)n1-c1ccccc1. The Kier molecular flexibility index (Phi) is 6.07. The Hall–Kier alpha value is -4.99. The maximum atomic E-state index is 14.3. The highest BCUT2D eigenvalue weighted by molar-refractivity contribution is 5.99. The van der Waals surface area contributed by atoms with E-state index in [0.717, 1.165) is 28.6 Å². The number of likely N-dealkylation sites (tertiary alicyclic amines) is 1. The van der Waals surface area contributed by atoms with Crippen LogP contribution in [0.2, 0.25) is 0 Å². The molecular weight excluding hydrogens is 492 g/mol. The standard InChI is InChI=1S/C29H28N8O2/c1-18(33-26-23(16-31-29(30)34-26)27(38)36-12-7-13-36)24-14-19-8-6-11-22(20-15-32-35(2)17-20)25(19)28(39)37(24)21-9-4-3-5-10-21/h3-6,8-11,14-18H,7,12-13H2,1-2H3,(H3,30,31,33,34). The number of aromatic nitrogens is 5. The predicted molar refractivity (Wildman–Crippen MR) is 151 cm³/mol. The van der Waals surface area contributed by atoms with Gasteiger partial charge in [0.2, 0.25) is 5.95 Å². The van der Waals surface area contributed by atoms with Gasteiger partial charge in [0.05, 0.1) is 17.6 Å². The fourth-order valence-electron chi connectivity index (χ4n) is 4.98. The molecule has 1 fully saturated rings. The molecular formula is C29H28N8O2. The summed E-state index contributed by atoms with van der Waals surface area (Å²) in [5.74, 6) is 0.254. The fraction of sp³-hybridized carbons (Fsp3) is 0.207. The van der Waals surface area contributed by atoms with Crippen LogP contribution in [0.4, 0.5) is 11.8 Å². The Morgan fingerprint density at radius 2 is 1.87 bits per heavy atom. The van der Waals surface area contributed by atoms with Gasteiger partial charge in [-0.1, -0.05) is 36.4 Å². The van der Waals surface area contributed by atoms with E-state index in [-0.39, 0.29) is 17.4 Å². The summed E-state index contributed by atoms with van der Waals surface area (Å²) in [6.45, 7) is 3.34. The van der Waals surface area contributed by atoms with Crippen molar-refractivity contribution in [2.45, 2.75) is 19.4 Å². The molecule has 1 unspecified atom stereocenters. The number of pyridine rings is 1. The lowest BCUT2D eigenvalue weighted by Crippen LogP contribution is -2.42. The summed E-state index contributed by atoms with van der Waals surface area (Å²) in [6, 6.07) is 16.9. The van der Waals surface area contributed by atoms with Crippen LogP contribution in [0.3, 0.4) is 0 Å². The Balaban J connectivity index is 1.51. The minimum absolute atomic E-state index is 0.0601. The summed E-state index contributed by atoms with van der Waals surface area (Å²) in [4.78, 5) is 37.5. The third-order valence-electron chi connectivity index (χ3n) is 7.08. The third kappa shape index (κ3) is 4.39. The number of rotatable bonds is 6. The van der Waals surface area contributed by atoms with Crippen LogP contribution >= 0.6 is 0 Å². The van der Waals surface area contributed by atoms with E-state index in [9.17, 15) is 9.59 Å². The lowest BCUT2D eigenvalue weighted by atomic mass is 9.99. The van der Waals surface area contributed by atoms with E-state index < -0.39 is 6.04 Å². The van der Waals surface area contributed by atoms with Gasteiger partial charge in [-0.3, -0.25) is 18.8 Å². The minimum Gasteiger partial charge on any atom is -0.368 e. The number of anilines is 2. The zero-order valence-electron chi connectivity index (χ0n) is 21.7. The largest absolute Gasteiger partial charge is 0.368 e. The number of nitrogen functional groups attached to an aromatic ring is 1. The highest BCUT2D eigenvalue weighted by Crippen LogP contribution is 2.30. The molecule has 10 heteroatoms. The van der Waals surface area contributed by atoms with Crippen LogP contribution in [-0.2, 0) is 7.05 Å². The molecule has 6 rings (SSSR count). The van der Waals surface area contributed by atoms with Crippen molar-refractivity contribution in [3.63, 3.8) is 0 Å². The Morgan fingerprint density at radius 3 is 2.56 bits per heavy atom. The molecule has 0 aliphatic carbocycles. The number of nitrogens with two attached hydrogens (primary N) is 1. The molecule has 1 atom stereocenters. The summed E-state index contributed by atoms with van der Waals surface area (Å²) >= 11 is 0. The number of para-hydroxylation sites is 1. The van der Waals surface area contributed by atoms with Crippen LogP contribution in [0.1, 0.15) is 35.4 Å². The Morgan fingerprint density at radius 1 is 1.08 bits per heavy atom. The van der Waals surface area contributed by atoms with Gasteiger partial charge in [-0.2, -0.15) is 10.1 Å². The van der Waals surface area contributed by atoms with Gasteiger partial charge in [0.1, 0.15) is 11.4 Å². The zero-order chi connectivity index (χ0) is 27.1. The maximum absolute atomic E-state index is 14.3. The van der Waals surface area contributed by atoms with Crippen molar-refractivity contribution in [2.24, 2.45) is 7.05 Å². The van der Waals surface area contributed by atoms with Gasteiger partial charge >= 0.3 is 0 Å². The molecule has 39 heavy (non-hydrogen) atoms. The number of carbonyl (C=O) groups is 1. The van der Waals surface area contributed by atoms with E-state index in [0.29, 0.717) is 35.6 Å². The van der Waals surface area contributed by atoms with E-state index in [1.165, 1.54) is 6.20 Å². The van der Waals surface area contributed by atoms with Crippen LogP contribution in [-0.4, -0.2) is 48.2 Å². The summed E-state index contributed by atoms with van der Waals surface area (Å²) < 4.78 is 3.43. The fourth-order valence-corrected chi connectivity index (χ4v) is 4.98. The second kappa shape index (κ2) is 9.71. The van der Waals surface area contributed by atoms with Gasteiger partial charge in [-0.05, 0) is 42.5 Å². The first-order valence-corrected chi connectivity index (χ1v) is 12.8. The highest BCUT2D eigenvalue weighted by Gasteiger charge is 2.27. The van der Waals surface area contributed by atoms with Crippen molar-refractivity contribution >= 4 is 28.4 Å². The maximum Gasteiger partial charge on any atom is 0.263 e. The summed E-state index contributed by atoms with van der Waals surface area (Å²) in [5, 5.41) is 9.06. The first kappa shape index (κ1) is 24.4. The lowest BCUT2D eigenvalue weighted by Gasteiger charge is -2.31. The number of benzene rings is 2. The number of nitrogens with zero attached hydrogens (tertiary/aromatic N) is 6. The van der Waals surface area contributed by atoms with E-state index in [2.05, 4.69) is 20.4 Å². The molecule has 3 N–H and O–H groups in total. The monoisotopic (exact) mass is 520 g/mol. The van der Waals surface area contributed by atoms with Crippen molar-refractivity contribution in [3.8, 4) is 16.8 Å². The van der Waals surface area contributed by atoms with Crippen molar-refractivity contribution in [2.75, 3.05) is 24.1 Å². The molecule has 4 heterocycles. The van der Waals surface area contributed by atoms with Crippen molar-refractivity contribution in [1.82, 2.24) is 29.2 Å². The van der Waals surface area contributed by atoms with Crippen molar-refractivity contribution in [3.05, 3.63) is 94.8 Å². The van der Waals surface area contributed by atoms with Gasteiger partial charge in [0.25, 0.3) is 11.5 Å². The average molecular weight is 521 g/mol. The van der Waals surface area contributed by atoms with Gasteiger partial charge in [-0.15, -0.1) is 0 Å². The molecule has 1 saturated heterocycles. The number of nitrogens with one attached hydrogen (secondary N) is 1. The molecule has 0 radical (unpaired) electrons. The van der Waals surface area contributed by atoms with Crippen LogP contribution in [0.25, 0.3) is 27.6 Å². The molecule has 1 aliphatic heterocycles. The summed E-state index contributed by atoms with van der Waals surface area (Å²) in [5.41, 5.74) is 9.23. The Labute approximate surface area is 224 Å². The molecule has 5 aromatic rings. The normalized spacial score (nSPS) is 13.7. The summed E-state index contributed by atoms with van der Waals surface area (Å²) in [6.07, 6.45) is 6.09. The van der Waals surface area contributed by atoms with E-state index in [1.54, 1.807) is 20.3 Å². The second-order valence-corrected chi connectivity index (χ2v) is 9.72. The molecule has 1 amide bonds. The van der Waals surface area contributed by atoms with Crippen LogP contribution in [0.15, 0.2) is 78.0 Å². The van der Waals surface area contributed by atoms with Gasteiger partial charge in [0, 0.05) is 49.5 Å². The molecule has 196 valence electrons. The van der Waals surface area contributed by atoms with Crippen LogP contribution in [0.5, 0.6) is 0 Å². The van der Waals surface area contributed by atoms with Crippen molar-refractivity contribution in [1.29, 1.82) is 0 Å². The smallest absolute Gasteiger partial charge is 0.263 e. The Bertz CT molecular complexity index is 1750. The molecule has 0 saturated carbocycles. The third-order valence-corrected chi connectivity index (χ3v) is 7.08. The predicted octanol–water partition coefficient (Wildman–Crippen LogP) is 3.78. The molecule has 0 bridgehead atoms. The van der Waals surface area contributed by atoms with Gasteiger partial charge in [-0.25, -0.2) is 4.98 Å². The number of aryl methyl sites for hydroxylation is 1. The topological polar surface area (TPSA) is 124 Å². The van der Waals surface area contributed by atoms with Crippen molar-refractivity contribution < 1.29 is 4.79 Å².